The summed E-state index contributed by atoms with van der Waals surface area (Å²) in [5, 5.41) is 5.02. The van der Waals surface area contributed by atoms with E-state index in [0.717, 1.165) is 44.5 Å². The SMILES string of the molecule is Cc1ccc2c(c1)c1ccccc1n2-c1ccc(-c2ccc3c(c2)sc2ccccc23)cc1-c1nc(-c2ccccc2)nc(-c2ccccc2)n1. The molecule has 0 unspecified atom stereocenters. The van der Waals surface area contributed by atoms with Crippen molar-refractivity contribution < 1.29 is 0 Å². The Kier molecular flexibility index (Phi) is 6.86. The second-order valence-corrected chi connectivity index (χ2v) is 14.0. The van der Waals surface area contributed by atoms with Gasteiger partial charge in [0.1, 0.15) is 0 Å². The lowest BCUT2D eigenvalue weighted by Gasteiger charge is -2.16. The molecular formula is C46H30N4S. The minimum absolute atomic E-state index is 0.625. The van der Waals surface area contributed by atoms with Crippen LogP contribution in [0.15, 0.2) is 164 Å². The maximum absolute atomic E-state index is 5.22. The highest BCUT2D eigenvalue weighted by atomic mass is 32.1. The lowest BCUT2D eigenvalue weighted by atomic mass is 9.99. The lowest BCUT2D eigenvalue weighted by molar-refractivity contribution is 1.06. The Morgan fingerprint density at radius 3 is 1.76 bits per heavy atom. The first-order chi connectivity index (χ1) is 25.2. The van der Waals surface area contributed by atoms with E-state index in [1.165, 1.54) is 36.5 Å². The van der Waals surface area contributed by atoms with E-state index in [1.807, 2.05) is 47.7 Å². The average Bonchev–Trinajstić information content (AvgIpc) is 3.73. The number of hydrogen-bond donors (Lipinski definition) is 0. The first-order valence-corrected chi connectivity index (χ1v) is 17.9. The van der Waals surface area contributed by atoms with Gasteiger partial charge in [-0.3, -0.25) is 0 Å². The highest BCUT2D eigenvalue weighted by Gasteiger charge is 2.20. The Hall–Kier alpha value is -6.43. The van der Waals surface area contributed by atoms with Crippen molar-refractivity contribution in [2.24, 2.45) is 0 Å². The van der Waals surface area contributed by atoms with Crippen molar-refractivity contribution >= 4 is 53.3 Å². The Balaban J connectivity index is 1.27. The first kappa shape index (κ1) is 29.5. The molecule has 0 N–H and O–H groups in total. The van der Waals surface area contributed by atoms with Gasteiger partial charge in [-0.1, -0.05) is 127 Å². The number of hydrogen-bond acceptors (Lipinski definition) is 4. The zero-order chi connectivity index (χ0) is 33.9. The summed E-state index contributed by atoms with van der Waals surface area (Å²) in [6.45, 7) is 2.15. The second kappa shape index (κ2) is 11.9. The van der Waals surface area contributed by atoms with E-state index in [9.17, 15) is 0 Å². The Morgan fingerprint density at radius 2 is 1.00 bits per heavy atom. The van der Waals surface area contributed by atoms with Gasteiger partial charge >= 0.3 is 0 Å². The minimum Gasteiger partial charge on any atom is -0.309 e. The minimum atomic E-state index is 0.625. The number of thiophene rings is 1. The fraction of sp³-hybridized carbons (Fsp3) is 0.0217. The van der Waals surface area contributed by atoms with Gasteiger partial charge in [-0.15, -0.1) is 11.3 Å². The largest absolute Gasteiger partial charge is 0.309 e. The molecule has 240 valence electrons. The van der Waals surface area contributed by atoms with E-state index < -0.39 is 0 Å². The van der Waals surface area contributed by atoms with E-state index in [4.69, 9.17) is 15.0 Å². The quantitative estimate of drug-likeness (QED) is 0.183. The van der Waals surface area contributed by atoms with Crippen LogP contribution in [0.5, 0.6) is 0 Å². The summed E-state index contributed by atoms with van der Waals surface area (Å²) in [6, 6.07) is 57.9. The molecule has 0 spiro atoms. The fourth-order valence-corrected chi connectivity index (χ4v) is 8.42. The summed E-state index contributed by atoms with van der Waals surface area (Å²) in [7, 11) is 0. The molecule has 0 saturated carbocycles. The highest BCUT2D eigenvalue weighted by Crippen LogP contribution is 2.40. The Bertz CT molecular complexity index is 2870. The molecule has 0 aliphatic heterocycles. The smallest absolute Gasteiger partial charge is 0.166 e. The van der Waals surface area contributed by atoms with E-state index in [0.29, 0.717) is 17.5 Å². The molecule has 3 aromatic heterocycles. The van der Waals surface area contributed by atoms with Gasteiger partial charge in [0.15, 0.2) is 17.5 Å². The first-order valence-electron chi connectivity index (χ1n) is 17.1. The summed E-state index contributed by atoms with van der Waals surface area (Å²) in [5.74, 6) is 1.90. The molecule has 0 saturated heterocycles. The molecule has 0 radical (unpaired) electrons. The third kappa shape index (κ3) is 5.01. The normalized spacial score (nSPS) is 11.6. The van der Waals surface area contributed by atoms with Crippen molar-refractivity contribution in [1.29, 1.82) is 0 Å². The summed E-state index contributed by atoms with van der Waals surface area (Å²) in [4.78, 5) is 15.5. The number of para-hydroxylation sites is 1. The highest BCUT2D eigenvalue weighted by molar-refractivity contribution is 7.25. The molecule has 0 fully saturated rings. The third-order valence-corrected chi connectivity index (χ3v) is 10.9. The molecule has 0 bridgehead atoms. The molecule has 4 nitrogen and oxygen atoms in total. The second-order valence-electron chi connectivity index (χ2n) is 13.0. The molecule has 7 aromatic carbocycles. The molecular weight excluding hydrogens is 641 g/mol. The van der Waals surface area contributed by atoms with Crippen LogP contribution in [0.25, 0.3) is 93.0 Å². The molecule has 3 heterocycles. The van der Waals surface area contributed by atoms with Gasteiger partial charge in [0.25, 0.3) is 0 Å². The van der Waals surface area contributed by atoms with Gasteiger partial charge in [-0.05, 0) is 60.5 Å². The molecule has 0 aliphatic rings. The molecule has 0 aliphatic carbocycles. The average molecular weight is 671 g/mol. The van der Waals surface area contributed by atoms with Crippen molar-refractivity contribution in [3.63, 3.8) is 0 Å². The Labute approximate surface area is 299 Å². The number of rotatable bonds is 5. The monoisotopic (exact) mass is 670 g/mol. The van der Waals surface area contributed by atoms with Crippen molar-refractivity contribution in [2.75, 3.05) is 0 Å². The van der Waals surface area contributed by atoms with Gasteiger partial charge in [-0.2, -0.15) is 0 Å². The number of fused-ring (bicyclic) bond motifs is 6. The van der Waals surface area contributed by atoms with Crippen LogP contribution < -0.4 is 0 Å². The van der Waals surface area contributed by atoms with Gasteiger partial charge in [0.2, 0.25) is 0 Å². The maximum Gasteiger partial charge on any atom is 0.166 e. The van der Waals surface area contributed by atoms with Crippen molar-refractivity contribution in [2.45, 2.75) is 6.92 Å². The summed E-state index contributed by atoms with van der Waals surface area (Å²) < 4.78 is 4.94. The van der Waals surface area contributed by atoms with Crippen molar-refractivity contribution in [3.05, 3.63) is 169 Å². The van der Waals surface area contributed by atoms with Gasteiger partial charge in [0.05, 0.1) is 16.7 Å². The van der Waals surface area contributed by atoms with E-state index >= 15 is 0 Å². The van der Waals surface area contributed by atoms with Crippen LogP contribution in [0.4, 0.5) is 0 Å². The zero-order valence-corrected chi connectivity index (χ0v) is 28.6. The van der Waals surface area contributed by atoms with Crippen LogP contribution in [-0.2, 0) is 0 Å². The number of nitrogens with zero attached hydrogens (tertiary/aromatic N) is 4. The summed E-state index contributed by atoms with van der Waals surface area (Å²) in [6.07, 6.45) is 0. The van der Waals surface area contributed by atoms with Gasteiger partial charge in [-0.25, -0.2) is 15.0 Å². The van der Waals surface area contributed by atoms with E-state index in [1.54, 1.807) is 0 Å². The Morgan fingerprint density at radius 1 is 0.412 bits per heavy atom. The fourth-order valence-electron chi connectivity index (χ4n) is 7.27. The van der Waals surface area contributed by atoms with Crippen LogP contribution in [0.2, 0.25) is 0 Å². The summed E-state index contributed by atoms with van der Waals surface area (Å²) in [5.41, 5.74) is 9.60. The van der Waals surface area contributed by atoms with E-state index in [-0.39, 0.29) is 0 Å². The van der Waals surface area contributed by atoms with Crippen LogP contribution >= 0.6 is 11.3 Å². The van der Waals surface area contributed by atoms with E-state index in [2.05, 4.69) is 139 Å². The third-order valence-electron chi connectivity index (χ3n) is 9.72. The standard InChI is InChI=1S/C46H30N4S/c1-29-20-24-40-37(26-29)34-16-8-10-18-39(34)50(40)41-25-22-32(33-21-23-36-35-17-9-11-19-42(35)51-43(36)28-33)27-38(41)46-48-44(30-12-4-2-5-13-30)47-45(49-46)31-14-6-3-7-15-31/h2-28H,1H3. The van der Waals surface area contributed by atoms with Crippen molar-refractivity contribution in [1.82, 2.24) is 19.5 Å². The van der Waals surface area contributed by atoms with Crippen LogP contribution in [0.1, 0.15) is 5.56 Å². The van der Waals surface area contributed by atoms with Crippen LogP contribution in [0, 0.1) is 6.92 Å². The van der Waals surface area contributed by atoms with Crippen LogP contribution in [0.3, 0.4) is 0 Å². The molecule has 51 heavy (non-hydrogen) atoms. The van der Waals surface area contributed by atoms with Crippen LogP contribution in [-0.4, -0.2) is 19.5 Å². The zero-order valence-electron chi connectivity index (χ0n) is 27.8. The predicted octanol–water partition coefficient (Wildman–Crippen LogP) is 12.3. The van der Waals surface area contributed by atoms with Gasteiger partial charge in [0, 0.05) is 47.6 Å². The molecule has 10 rings (SSSR count). The summed E-state index contributed by atoms with van der Waals surface area (Å²) >= 11 is 1.84. The van der Waals surface area contributed by atoms with Crippen molar-refractivity contribution in [3.8, 4) is 51.0 Å². The topological polar surface area (TPSA) is 43.6 Å². The van der Waals surface area contributed by atoms with Gasteiger partial charge < -0.3 is 4.57 Å². The maximum atomic E-state index is 5.22. The molecule has 0 amide bonds. The lowest BCUT2D eigenvalue weighted by Crippen LogP contribution is -2.04. The predicted molar refractivity (Wildman–Crippen MR) is 214 cm³/mol. The molecule has 10 aromatic rings. The molecule has 0 atom stereocenters. The number of aromatic nitrogens is 4. The number of benzene rings is 7. The molecule has 5 heteroatoms. The number of aryl methyl sites for hydroxylation is 1.